The van der Waals surface area contributed by atoms with Crippen LogP contribution in [0, 0.1) is 0 Å². The van der Waals surface area contributed by atoms with E-state index in [0.717, 1.165) is 72.4 Å². The lowest BCUT2D eigenvalue weighted by Crippen LogP contribution is -2.46. The molecule has 10 nitrogen and oxygen atoms in total. The topological polar surface area (TPSA) is 93.5 Å². The lowest BCUT2D eigenvalue weighted by Gasteiger charge is -2.36. The number of amides is 1. The zero-order valence-electron chi connectivity index (χ0n) is 29.9. The zero-order valence-corrected chi connectivity index (χ0v) is 31.4. The van der Waals surface area contributed by atoms with Gasteiger partial charge in [0.2, 0.25) is 5.91 Å². The van der Waals surface area contributed by atoms with Crippen molar-refractivity contribution in [3.8, 4) is 0 Å². The average Bonchev–Trinajstić information content (AvgIpc) is 3.37. The van der Waals surface area contributed by atoms with Crippen LogP contribution in [0.1, 0.15) is 32.0 Å². The van der Waals surface area contributed by atoms with Crippen molar-refractivity contribution in [1.29, 1.82) is 0 Å². The van der Waals surface area contributed by atoms with Crippen molar-refractivity contribution >= 4 is 41.5 Å². The number of allylic oxidation sites excluding steroid dienone is 10. The quantitative estimate of drug-likeness (QED) is 0.192. The normalized spacial score (nSPS) is 22.0. The van der Waals surface area contributed by atoms with Crippen molar-refractivity contribution in [1.82, 2.24) is 24.7 Å². The number of aromatic nitrogens is 2. The second-order valence-corrected chi connectivity index (χ2v) is 13.0. The SMILES string of the molecule is C=CC(=O)NC1=C(N2CCN(CC)CC2)C=C(OC)CC(C(=C/C)/N=C\C2=Cn3ccnc3C(C3=C(Cl)C(COC)=CC(OC)C=C3Cl)C=C2)=C1. The number of fused-ring (bicyclic) bond motifs is 1. The number of nitrogens with zero attached hydrogens (tertiary/aromatic N) is 5. The molecule has 4 aliphatic rings. The van der Waals surface area contributed by atoms with Crippen LogP contribution in [0.2, 0.25) is 0 Å². The Morgan fingerprint density at radius 1 is 1.16 bits per heavy atom. The van der Waals surface area contributed by atoms with Crippen molar-refractivity contribution in [2.24, 2.45) is 4.99 Å². The molecule has 2 atom stereocenters. The monoisotopic (exact) mass is 732 g/mol. The number of carbonyl (C=O) groups is 1. The van der Waals surface area contributed by atoms with Crippen LogP contribution in [0.4, 0.5) is 0 Å². The van der Waals surface area contributed by atoms with E-state index in [1.165, 1.54) is 6.08 Å². The Morgan fingerprint density at radius 3 is 2.61 bits per heavy atom. The fourth-order valence-electron chi connectivity index (χ4n) is 6.39. The number of ether oxygens (including phenoxy) is 3. The van der Waals surface area contributed by atoms with Crippen LogP contribution in [-0.2, 0) is 19.0 Å². The van der Waals surface area contributed by atoms with Crippen LogP contribution >= 0.6 is 23.2 Å². The van der Waals surface area contributed by atoms with Crippen LogP contribution in [-0.4, -0.2) is 98.2 Å². The zero-order chi connectivity index (χ0) is 36.5. The lowest BCUT2D eigenvalue weighted by molar-refractivity contribution is -0.115. The van der Waals surface area contributed by atoms with E-state index >= 15 is 0 Å². The average molecular weight is 734 g/mol. The molecule has 12 heteroatoms. The largest absolute Gasteiger partial charge is 0.501 e. The standard InChI is InChI=1S/C39H46Cl2N6O4/c1-7-33(27-18-30(51-6)22-35(34(20-27)44-36(48)8-2)46-16-14-45(9-3)15-17-46)43-23-26-10-11-31(39-42-12-13-47(39)24-26)37-32(40)21-29(50-5)19-28(25-49-4)38(37)41/h7-8,10-13,19-24,29,31H,2,9,14-18,25H2,1,3-6H3,(H,44,48)/b33-7-,43-23-. The Morgan fingerprint density at radius 2 is 1.94 bits per heavy atom. The van der Waals surface area contributed by atoms with Crippen molar-refractivity contribution in [2.45, 2.75) is 32.3 Å². The van der Waals surface area contributed by atoms with E-state index < -0.39 is 0 Å². The number of hydrogen-bond donors (Lipinski definition) is 1. The highest BCUT2D eigenvalue weighted by molar-refractivity contribution is 6.37. The first-order valence-corrected chi connectivity index (χ1v) is 17.7. The van der Waals surface area contributed by atoms with E-state index in [-0.39, 0.29) is 17.9 Å². The summed E-state index contributed by atoms with van der Waals surface area (Å²) in [4.78, 5) is 27.0. The van der Waals surface area contributed by atoms with Gasteiger partial charge in [-0.15, -0.1) is 0 Å². The molecule has 1 saturated heterocycles. The summed E-state index contributed by atoms with van der Waals surface area (Å²) in [6.45, 7) is 12.6. The molecule has 1 aromatic rings. The third kappa shape index (κ3) is 9.01. The molecule has 51 heavy (non-hydrogen) atoms. The molecule has 0 spiro atoms. The van der Waals surface area contributed by atoms with Gasteiger partial charge in [0.25, 0.3) is 0 Å². The minimum Gasteiger partial charge on any atom is -0.501 e. The number of piperazine rings is 1. The predicted molar refractivity (Wildman–Crippen MR) is 205 cm³/mol. The fourth-order valence-corrected chi connectivity index (χ4v) is 7.12. The van der Waals surface area contributed by atoms with E-state index in [0.29, 0.717) is 34.4 Å². The Hall–Kier alpha value is -4.19. The van der Waals surface area contributed by atoms with Crippen LogP contribution in [0.5, 0.6) is 0 Å². The van der Waals surface area contributed by atoms with E-state index in [1.807, 2.05) is 72.6 Å². The number of nitrogens with one attached hydrogen (secondary N) is 1. The first-order valence-electron chi connectivity index (χ1n) is 17.0. The maximum atomic E-state index is 12.7. The minimum absolute atomic E-state index is 0.286. The number of imidazole rings is 1. The van der Waals surface area contributed by atoms with Crippen LogP contribution < -0.4 is 5.32 Å². The molecule has 0 aromatic carbocycles. The van der Waals surface area contributed by atoms with Gasteiger partial charge in [-0.25, -0.2) is 4.98 Å². The maximum Gasteiger partial charge on any atom is 0.247 e. The van der Waals surface area contributed by atoms with E-state index in [1.54, 1.807) is 27.5 Å². The number of halogens is 2. The van der Waals surface area contributed by atoms with E-state index in [9.17, 15) is 4.79 Å². The fraction of sp³-hybridized carbons (Fsp3) is 0.359. The number of carbonyl (C=O) groups excluding carboxylic acids is 1. The Kier molecular flexibility index (Phi) is 13.3. The summed E-state index contributed by atoms with van der Waals surface area (Å²) < 4.78 is 18.9. The first-order chi connectivity index (χ1) is 24.7. The smallest absolute Gasteiger partial charge is 0.247 e. The molecule has 1 fully saturated rings. The third-order valence-corrected chi connectivity index (χ3v) is 9.93. The number of hydrogen-bond acceptors (Lipinski definition) is 8. The molecule has 270 valence electrons. The van der Waals surface area contributed by atoms with Crippen molar-refractivity contribution in [2.75, 3.05) is 60.7 Å². The first kappa shape index (κ1) is 38.1. The molecular formula is C39H46Cl2N6O4. The highest BCUT2D eigenvalue weighted by Gasteiger charge is 2.29. The lowest BCUT2D eigenvalue weighted by atomic mass is 9.94. The van der Waals surface area contributed by atoms with Gasteiger partial charge in [-0.1, -0.05) is 54.9 Å². The maximum absolute atomic E-state index is 12.7. The summed E-state index contributed by atoms with van der Waals surface area (Å²) >= 11 is 14.0. The van der Waals surface area contributed by atoms with Crippen LogP contribution in [0.3, 0.4) is 0 Å². The summed E-state index contributed by atoms with van der Waals surface area (Å²) in [6.07, 6.45) is 22.5. The van der Waals surface area contributed by atoms with E-state index in [2.05, 4.69) is 28.6 Å². The van der Waals surface area contributed by atoms with Gasteiger partial charge in [0, 0.05) is 93.9 Å². The van der Waals surface area contributed by atoms with Gasteiger partial charge in [0.15, 0.2) is 0 Å². The highest BCUT2D eigenvalue weighted by atomic mass is 35.5. The highest BCUT2D eigenvalue weighted by Crippen LogP contribution is 2.41. The van der Waals surface area contributed by atoms with Gasteiger partial charge in [-0.2, -0.15) is 0 Å². The number of likely N-dealkylation sites (N-methyl/N-ethyl adjacent to an activating group) is 1. The van der Waals surface area contributed by atoms with Gasteiger partial charge in [-0.05, 0) is 48.9 Å². The minimum atomic E-state index is -0.367. The second kappa shape index (κ2) is 17.8. The second-order valence-electron chi connectivity index (χ2n) is 12.2. The number of aliphatic imine (C=N–C) groups is 1. The predicted octanol–water partition coefficient (Wildman–Crippen LogP) is 6.58. The molecule has 5 rings (SSSR count). The van der Waals surface area contributed by atoms with Crippen molar-refractivity contribution in [3.05, 3.63) is 129 Å². The molecule has 2 aliphatic carbocycles. The molecular weight excluding hydrogens is 687 g/mol. The molecule has 1 N–H and O–H groups in total. The molecule has 0 bridgehead atoms. The molecule has 3 heterocycles. The van der Waals surface area contributed by atoms with Gasteiger partial charge >= 0.3 is 0 Å². The molecule has 2 unspecified atom stereocenters. The molecule has 1 amide bonds. The number of methoxy groups -OCH3 is 3. The number of rotatable bonds is 12. The summed E-state index contributed by atoms with van der Waals surface area (Å²) in [5, 5.41) is 4.03. The Balaban J connectivity index is 1.49. The third-order valence-electron chi connectivity index (χ3n) is 9.16. The summed E-state index contributed by atoms with van der Waals surface area (Å²) in [5.41, 5.74) is 5.52. The molecule has 1 aromatic heterocycles. The molecule has 0 radical (unpaired) electrons. The Bertz CT molecular complexity index is 1810. The summed E-state index contributed by atoms with van der Waals surface area (Å²) in [7, 11) is 4.92. The molecule has 0 saturated carbocycles. The summed E-state index contributed by atoms with van der Waals surface area (Å²) in [6, 6.07) is 0. The van der Waals surface area contributed by atoms with E-state index in [4.69, 9.17) is 47.4 Å². The van der Waals surface area contributed by atoms with Crippen molar-refractivity contribution < 1.29 is 19.0 Å². The van der Waals surface area contributed by atoms with Gasteiger partial charge in [0.05, 0.1) is 47.9 Å². The van der Waals surface area contributed by atoms with Crippen molar-refractivity contribution in [3.63, 3.8) is 0 Å². The van der Waals surface area contributed by atoms with Gasteiger partial charge in [0.1, 0.15) is 11.6 Å². The van der Waals surface area contributed by atoms with Gasteiger partial charge in [-0.3, -0.25) is 9.79 Å². The summed E-state index contributed by atoms with van der Waals surface area (Å²) in [5.74, 6) is 0.857. The van der Waals surface area contributed by atoms with Crippen LogP contribution in [0.15, 0.2) is 128 Å². The van der Waals surface area contributed by atoms with Crippen LogP contribution in [0.25, 0.3) is 6.20 Å². The Labute approximate surface area is 310 Å². The molecule has 2 aliphatic heterocycles. The van der Waals surface area contributed by atoms with Gasteiger partial charge < -0.3 is 33.9 Å².